The van der Waals surface area contributed by atoms with Crippen molar-refractivity contribution in [1.29, 1.82) is 0 Å². The Morgan fingerprint density at radius 3 is 2.61 bits per heavy atom. The van der Waals surface area contributed by atoms with E-state index >= 15 is 0 Å². The molecule has 0 spiro atoms. The van der Waals surface area contributed by atoms with Gasteiger partial charge in [-0.2, -0.15) is 4.98 Å². The van der Waals surface area contributed by atoms with Crippen molar-refractivity contribution in [3.05, 3.63) is 53.7 Å². The van der Waals surface area contributed by atoms with E-state index in [1.165, 1.54) is 0 Å². The number of aliphatic hydroxyl groups excluding tert-OH is 1. The Morgan fingerprint density at radius 2 is 1.97 bits per heavy atom. The van der Waals surface area contributed by atoms with Crippen molar-refractivity contribution in [2.75, 3.05) is 29.9 Å². The minimum Gasteiger partial charge on any atom is -0.494 e. The molecule has 3 heterocycles. The number of rotatable bonds is 8. The monoisotopic (exact) mass is 450 g/mol. The van der Waals surface area contributed by atoms with Gasteiger partial charge in [-0.3, -0.25) is 0 Å². The van der Waals surface area contributed by atoms with E-state index in [1.807, 2.05) is 31.7 Å². The van der Waals surface area contributed by atoms with Crippen LogP contribution in [0.25, 0.3) is 0 Å². The fourth-order valence-corrected chi connectivity index (χ4v) is 4.32. The average Bonchev–Trinajstić information content (AvgIpc) is 3.36. The number of imidazole rings is 1. The number of ether oxygens (including phenoxy) is 1. The lowest BCUT2D eigenvalue weighted by Crippen LogP contribution is -2.35. The van der Waals surface area contributed by atoms with Crippen LogP contribution in [-0.4, -0.2) is 44.3 Å². The highest BCUT2D eigenvalue weighted by Gasteiger charge is 2.23. The normalized spacial score (nSPS) is 14.7. The highest BCUT2D eigenvalue weighted by Crippen LogP contribution is 2.34. The predicted molar refractivity (Wildman–Crippen MR) is 130 cm³/mol. The molecule has 0 radical (unpaired) electrons. The van der Waals surface area contributed by atoms with Crippen LogP contribution in [0.15, 0.2) is 36.9 Å². The second kappa shape index (κ2) is 10.2. The Labute approximate surface area is 195 Å². The lowest BCUT2D eigenvalue weighted by Gasteiger charge is -2.32. The largest absolute Gasteiger partial charge is 0.494 e. The van der Waals surface area contributed by atoms with E-state index in [2.05, 4.69) is 57.7 Å². The summed E-state index contributed by atoms with van der Waals surface area (Å²) in [7, 11) is 0. The van der Waals surface area contributed by atoms with E-state index in [0.29, 0.717) is 36.0 Å². The Bertz CT molecular complexity index is 1060. The number of nitrogens with zero attached hydrogens (tertiary/aromatic N) is 5. The van der Waals surface area contributed by atoms with E-state index in [9.17, 15) is 5.11 Å². The molecule has 2 N–H and O–H groups in total. The molecule has 8 nitrogen and oxygen atoms in total. The molecule has 33 heavy (non-hydrogen) atoms. The van der Waals surface area contributed by atoms with E-state index in [-0.39, 0.29) is 6.61 Å². The van der Waals surface area contributed by atoms with Gasteiger partial charge in [0.25, 0.3) is 0 Å². The maximum absolute atomic E-state index is 9.82. The number of piperidine rings is 1. The first-order valence-corrected chi connectivity index (χ1v) is 11.7. The van der Waals surface area contributed by atoms with Gasteiger partial charge in [0.15, 0.2) is 0 Å². The molecule has 176 valence electrons. The first-order chi connectivity index (χ1) is 16.0. The molecule has 0 aliphatic carbocycles. The summed E-state index contributed by atoms with van der Waals surface area (Å²) in [4.78, 5) is 15.8. The third-order valence-electron chi connectivity index (χ3n) is 6.16. The van der Waals surface area contributed by atoms with Crippen molar-refractivity contribution in [1.82, 2.24) is 19.5 Å². The molecule has 4 rings (SSSR count). The maximum atomic E-state index is 9.82. The summed E-state index contributed by atoms with van der Waals surface area (Å²) in [5.41, 5.74) is 3.82. The quantitative estimate of drug-likeness (QED) is 0.519. The van der Waals surface area contributed by atoms with E-state index in [4.69, 9.17) is 9.72 Å². The number of hydrogen-bond donors (Lipinski definition) is 2. The first kappa shape index (κ1) is 23.0. The summed E-state index contributed by atoms with van der Waals surface area (Å²) in [6.07, 6.45) is 7.74. The molecule has 1 aromatic carbocycles. The van der Waals surface area contributed by atoms with Gasteiger partial charge in [0.1, 0.15) is 11.6 Å². The lowest BCUT2D eigenvalue weighted by molar-refractivity contribution is 0.276. The number of nitrogens with one attached hydrogen (secondary N) is 1. The molecule has 2 aromatic heterocycles. The van der Waals surface area contributed by atoms with Crippen LogP contribution in [0.2, 0.25) is 0 Å². The third-order valence-corrected chi connectivity index (χ3v) is 6.16. The van der Waals surface area contributed by atoms with E-state index < -0.39 is 0 Å². The van der Waals surface area contributed by atoms with Crippen molar-refractivity contribution in [2.45, 2.75) is 59.1 Å². The van der Waals surface area contributed by atoms with Crippen molar-refractivity contribution >= 4 is 17.5 Å². The second-order valence-corrected chi connectivity index (χ2v) is 8.85. The summed E-state index contributed by atoms with van der Waals surface area (Å²) in [5, 5.41) is 13.3. The number of hydrogen-bond acceptors (Lipinski definition) is 7. The fraction of sp³-hybridized carbons (Fsp3) is 0.480. The van der Waals surface area contributed by atoms with Crippen LogP contribution in [0.4, 0.5) is 17.5 Å². The van der Waals surface area contributed by atoms with E-state index in [1.54, 1.807) is 0 Å². The number of aromatic nitrogens is 4. The summed E-state index contributed by atoms with van der Waals surface area (Å²) in [6, 6.07) is 6.48. The minimum atomic E-state index is -0.130. The van der Waals surface area contributed by atoms with Gasteiger partial charge in [0.05, 0.1) is 25.2 Å². The van der Waals surface area contributed by atoms with Gasteiger partial charge in [-0.25, -0.2) is 9.97 Å². The topological polar surface area (TPSA) is 88.3 Å². The second-order valence-electron chi connectivity index (χ2n) is 8.85. The maximum Gasteiger partial charge on any atom is 0.227 e. The van der Waals surface area contributed by atoms with Gasteiger partial charge in [0, 0.05) is 43.3 Å². The van der Waals surface area contributed by atoms with Crippen LogP contribution in [0.5, 0.6) is 5.75 Å². The Morgan fingerprint density at radius 1 is 1.18 bits per heavy atom. The molecule has 1 aliphatic heterocycles. The Kier molecular flexibility index (Phi) is 7.13. The van der Waals surface area contributed by atoms with Crippen LogP contribution in [0, 0.1) is 6.92 Å². The predicted octanol–water partition coefficient (Wildman–Crippen LogP) is 4.58. The average molecular weight is 451 g/mol. The van der Waals surface area contributed by atoms with E-state index in [0.717, 1.165) is 48.5 Å². The van der Waals surface area contributed by atoms with Gasteiger partial charge in [-0.05, 0) is 55.9 Å². The number of anilines is 3. The van der Waals surface area contributed by atoms with Crippen molar-refractivity contribution in [2.24, 2.45) is 0 Å². The highest BCUT2D eigenvalue weighted by molar-refractivity contribution is 5.65. The molecule has 1 saturated heterocycles. The van der Waals surface area contributed by atoms with Gasteiger partial charge in [-0.1, -0.05) is 13.8 Å². The number of aryl methyl sites for hydroxylation is 1. The summed E-state index contributed by atoms with van der Waals surface area (Å²) < 4.78 is 8.03. The van der Waals surface area contributed by atoms with Crippen molar-refractivity contribution in [3.63, 3.8) is 0 Å². The van der Waals surface area contributed by atoms with Gasteiger partial charge in [0.2, 0.25) is 5.95 Å². The van der Waals surface area contributed by atoms with Gasteiger partial charge >= 0.3 is 0 Å². The highest BCUT2D eigenvalue weighted by atomic mass is 16.5. The molecule has 0 bridgehead atoms. The smallest absolute Gasteiger partial charge is 0.227 e. The zero-order chi connectivity index (χ0) is 23.4. The molecular formula is C25H34N6O2. The summed E-state index contributed by atoms with van der Waals surface area (Å²) >= 11 is 0. The molecule has 0 amide bonds. The molecule has 1 fully saturated rings. The summed E-state index contributed by atoms with van der Waals surface area (Å²) in [6.45, 7) is 10.6. The molecular weight excluding hydrogens is 416 g/mol. The molecule has 0 saturated carbocycles. The van der Waals surface area contributed by atoms with Gasteiger partial charge in [-0.15, -0.1) is 0 Å². The minimum absolute atomic E-state index is 0.130. The van der Waals surface area contributed by atoms with Crippen LogP contribution in [-0.2, 0) is 6.61 Å². The van der Waals surface area contributed by atoms with Crippen LogP contribution >= 0.6 is 0 Å². The van der Waals surface area contributed by atoms with Crippen molar-refractivity contribution in [3.8, 4) is 5.75 Å². The zero-order valence-electron chi connectivity index (χ0n) is 20.0. The third kappa shape index (κ3) is 5.27. The van der Waals surface area contributed by atoms with Crippen LogP contribution in [0.1, 0.15) is 62.4 Å². The van der Waals surface area contributed by atoms with Crippen LogP contribution in [0.3, 0.4) is 0 Å². The molecule has 1 aliphatic rings. The fourth-order valence-electron chi connectivity index (χ4n) is 4.32. The van der Waals surface area contributed by atoms with Crippen LogP contribution < -0.4 is 15.0 Å². The van der Waals surface area contributed by atoms with Gasteiger partial charge < -0.3 is 24.6 Å². The zero-order valence-corrected chi connectivity index (χ0v) is 20.0. The lowest BCUT2D eigenvalue weighted by atomic mass is 9.99. The summed E-state index contributed by atoms with van der Waals surface area (Å²) in [5.74, 6) is 2.60. The number of benzene rings is 1. The molecule has 8 heteroatoms. The van der Waals surface area contributed by atoms with Crippen molar-refractivity contribution < 1.29 is 9.84 Å². The standard InChI is InChI=1S/C25H34N6O2/c1-5-33-23-12-18(4)22(14-21(23)17(2)3)28-24-13-19(15-32)27-25(29-24)30-9-6-20(7-10-30)31-11-8-26-16-31/h8,11-14,16-17,20,32H,5-7,9-10,15H2,1-4H3,(H,27,28,29). The Hall–Kier alpha value is -3.13. The SMILES string of the molecule is CCOc1cc(C)c(Nc2cc(CO)nc(N3CCC(n4ccnc4)CC3)n2)cc1C(C)C. The Balaban J connectivity index is 1.56. The first-order valence-electron chi connectivity index (χ1n) is 11.7. The molecule has 3 aromatic rings. The molecule has 0 atom stereocenters. The number of aliphatic hydroxyl groups is 1. The molecule has 0 unspecified atom stereocenters.